The number of rotatable bonds is 6. The quantitative estimate of drug-likeness (QED) is 0.867. The molecule has 1 aromatic rings. The molecule has 3 nitrogen and oxygen atoms in total. The summed E-state index contributed by atoms with van der Waals surface area (Å²) in [4.78, 5) is 2.53. The Morgan fingerprint density at radius 2 is 2.30 bits per heavy atom. The summed E-state index contributed by atoms with van der Waals surface area (Å²) >= 11 is 0. The fourth-order valence-corrected chi connectivity index (χ4v) is 3.04. The van der Waals surface area contributed by atoms with E-state index < -0.39 is 0 Å². The molecule has 1 saturated heterocycles. The lowest BCUT2D eigenvalue weighted by molar-refractivity contribution is 0.133. The molecule has 20 heavy (non-hydrogen) atoms. The Morgan fingerprint density at radius 1 is 1.45 bits per heavy atom. The van der Waals surface area contributed by atoms with Crippen LogP contribution in [0.3, 0.4) is 0 Å². The molecule has 0 aliphatic carbocycles. The summed E-state index contributed by atoms with van der Waals surface area (Å²) in [7, 11) is 0. The molecule has 0 bridgehead atoms. The van der Waals surface area contributed by atoms with Crippen LogP contribution in [0.2, 0.25) is 0 Å². The van der Waals surface area contributed by atoms with Gasteiger partial charge in [0.1, 0.15) is 5.75 Å². The molecule has 1 heterocycles. The number of hydrogen-bond donors (Lipinski definition) is 1. The van der Waals surface area contributed by atoms with Gasteiger partial charge in [0.05, 0.1) is 6.61 Å². The van der Waals surface area contributed by atoms with Crippen molar-refractivity contribution in [2.75, 3.05) is 26.2 Å². The first-order valence-electron chi connectivity index (χ1n) is 7.91. The number of benzene rings is 1. The van der Waals surface area contributed by atoms with Crippen LogP contribution in [0.5, 0.6) is 5.75 Å². The lowest BCUT2D eigenvalue weighted by atomic mass is 9.96. The van der Waals surface area contributed by atoms with E-state index in [1.165, 1.54) is 18.4 Å². The van der Waals surface area contributed by atoms with Gasteiger partial charge >= 0.3 is 0 Å². The SMILES string of the molecule is CCCOc1cccc(C(CN)N2CCCC(C)C2)c1. The summed E-state index contributed by atoms with van der Waals surface area (Å²) in [5.41, 5.74) is 7.34. The highest BCUT2D eigenvalue weighted by Crippen LogP contribution is 2.28. The predicted octanol–water partition coefficient (Wildman–Crippen LogP) is 3.21. The number of piperidine rings is 1. The van der Waals surface area contributed by atoms with Crippen LogP contribution < -0.4 is 10.5 Å². The third-order valence-electron chi connectivity index (χ3n) is 4.07. The minimum atomic E-state index is 0.322. The standard InChI is InChI=1S/C17H28N2O/c1-3-10-20-16-8-4-7-15(11-16)17(12-18)19-9-5-6-14(2)13-19/h4,7-8,11,14,17H,3,5-6,9-10,12-13,18H2,1-2H3. The highest BCUT2D eigenvalue weighted by atomic mass is 16.5. The van der Waals surface area contributed by atoms with Crippen molar-refractivity contribution in [1.29, 1.82) is 0 Å². The Bertz CT molecular complexity index is 408. The summed E-state index contributed by atoms with van der Waals surface area (Å²) < 4.78 is 5.74. The zero-order valence-electron chi connectivity index (χ0n) is 12.8. The van der Waals surface area contributed by atoms with Crippen molar-refractivity contribution in [3.8, 4) is 5.75 Å². The maximum atomic E-state index is 6.05. The van der Waals surface area contributed by atoms with Crippen molar-refractivity contribution in [2.45, 2.75) is 39.2 Å². The van der Waals surface area contributed by atoms with E-state index in [4.69, 9.17) is 10.5 Å². The van der Waals surface area contributed by atoms with Crippen molar-refractivity contribution in [2.24, 2.45) is 11.7 Å². The maximum absolute atomic E-state index is 6.05. The van der Waals surface area contributed by atoms with Crippen LogP contribution in [0.15, 0.2) is 24.3 Å². The van der Waals surface area contributed by atoms with Gasteiger partial charge in [-0.05, 0) is 49.4 Å². The summed E-state index contributed by atoms with van der Waals surface area (Å²) in [5.74, 6) is 1.74. The molecule has 1 aromatic carbocycles. The van der Waals surface area contributed by atoms with Gasteiger partial charge in [-0.15, -0.1) is 0 Å². The molecule has 0 amide bonds. The topological polar surface area (TPSA) is 38.5 Å². The largest absolute Gasteiger partial charge is 0.494 e. The molecule has 2 rings (SSSR count). The zero-order chi connectivity index (χ0) is 14.4. The van der Waals surface area contributed by atoms with Crippen LogP contribution in [0.4, 0.5) is 0 Å². The molecule has 1 fully saturated rings. The molecule has 0 aromatic heterocycles. The fraction of sp³-hybridized carbons (Fsp3) is 0.647. The second-order valence-corrected chi connectivity index (χ2v) is 5.91. The van der Waals surface area contributed by atoms with E-state index in [1.54, 1.807) is 0 Å². The summed E-state index contributed by atoms with van der Waals surface area (Å²) in [6.07, 6.45) is 3.66. The second-order valence-electron chi connectivity index (χ2n) is 5.91. The molecule has 2 unspecified atom stereocenters. The van der Waals surface area contributed by atoms with E-state index in [9.17, 15) is 0 Å². The van der Waals surface area contributed by atoms with Gasteiger partial charge in [0.2, 0.25) is 0 Å². The van der Waals surface area contributed by atoms with Crippen molar-refractivity contribution < 1.29 is 4.74 Å². The highest BCUT2D eigenvalue weighted by molar-refractivity contribution is 5.31. The van der Waals surface area contributed by atoms with E-state index in [0.717, 1.165) is 37.8 Å². The summed E-state index contributed by atoms with van der Waals surface area (Å²) in [6.45, 7) is 8.22. The van der Waals surface area contributed by atoms with E-state index >= 15 is 0 Å². The first-order valence-corrected chi connectivity index (χ1v) is 7.91. The van der Waals surface area contributed by atoms with Gasteiger partial charge < -0.3 is 10.5 Å². The molecule has 2 atom stereocenters. The van der Waals surface area contributed by atoms with Gasteiger partial charge in [0, 0.05) is 19.1 Å². The van der Waals surface area contributed by atoms with Crippen LogP contribution in [-0.2, 0) is 0 Å². The predicted molar refractivity (Wildman–Crippen MR) is 84.0 cm³/mol. The molecule has 3 heteroatoms. The van der Waals surface area contributed by atoms with Crippen LogP contribution in [0, 0.1) is 5.92 Å². The Kier molecular flexibility index (Phi) is 5.86. The highest BCUT2D eigenvalue weighted by Gasteiger charge is 2.24. The molecular weight excluding hydrogens is 248 g/mol. The van der Waals surface area contributed by atoms with Crippen LogP contribution >= 0.6 is 0 Å². The first-order chi connectivity index (χ1) is 9.74. The molecule has 2 N–H and O–H groups in total. The average Bonchev–Trinajstić information content (AvgIpc) is 2.46. The number of hydrogen-bond acceptors (Lipinski definition) is 3. The van der Waals surface area contributed by atoms with E-state index in [-0.39, 0.29) is 0 Å². The first kappa shape index (κ1) is 15.3. The van der Waals surface area contributed by atoms with Crippen LogP contribution in [-0.4, -0.2) is 31.1 Å². The maximum Gasteiger partial charge on any atom is 0.119 e. The lowest BCUT2D eigenvalue weighted by Crippen LogP contribution is -2.40. The number of likely N-dealkylation sites (tertiary alicyclic amines) is 1. The van der Waals surface area contributed by atoms with Gasteiger partial charge in [-0.1, -0.05) is 26.0 Å². The fourth-order valence-electron chi connectivity index (χ4n) is 3.04. The third kappa shape index (κ3) is 3.97. The summed E-state index contributed by atoms with van der Waals surface area (Å²) in [6, 6.07) is 8.77. The molecule has 0 spiro atoms. The Morgan fingerprint density at radius 3 is 3.00 bits per heavy atom. The molecule has 0 saturated carbocycles. The second kappa shape index (κ2) is 7.65. The lowest BCUT2D eigenvalue weighted by Gasteiger charge is -2.37. The molecular formula is C17H28N2O. The van der Waals surface area contributed by atoms with E-state index in [1.807, 2.05) is 6.07 Å². The van der Waals surface area contributed by atoms with Gasteiger partial charge in [0.15, 0.2) is 0 Å². The normalized spacial score (nSPS) is 21.6. The smallest absolute Gasteiger partial charge is 0.119 e. The Hall–Kier alpha value is -1.06. The number of ether oxygens (including phenoxy) is 1. The van der Waals surface area contributed by atoms with Crippen molar-refractivity contribution >= 4 is 0 Å². The molecule has 112 valence electrons. The van der Waals surface area contributed by atoms with Crippen molar-refractivity contribution in [3.05, 3.63) is 29.8 Å². The van der Waals surface area contributed by atoms with Gasteiger partial charge in [-0.3, -0.25) is 4.90 Å². The minimum absolute atomic E-state index is 0.322. The molecule has 1 aliphatic rings. The molecule has 1 aliphatic heterocycles. The minimum Gasteiger partial charge on any atom is -0.494 e. The van der Waals surface area contributed by atoms with E-state index in [2.05, 4.69) is 36.9 Å². The summed E-state index contributed by atoms with van der Waals surface area (Å²) in [5, 5.41) is 0. The Balaban J connectivity index is 2.09. The zero-order valence-corrected chi connectivity index (χ0v) is 12.8. The van der Waals surface area contributed by atoms with Crippen molar-refractivity contribution in [3.63, 3.8) is 0 Å². The van der Waals surface area contributed by atoms with E-state index in [0.29, 0.717) is 12.6 Å². The van der Waals surface area contributed by atoms with Gasteiger partial charge in [-0.25, -0.2) is 0 Å². The number of nitrogens with zero attached hydrogens (tertiary/aromatic N) is 1. The third-order valence-corrected chi connectivity index (χ3v) is 4.07. The average molecular weight is 276 g/mol. The van der Waals surface area contributed by atoms with Gasteiger partial charge in [0.25, 0.3) is 0 Å². The number of nitrogens with two attached hydrogens (primary N) is 1. The van der Waals surface area contributed by atoms with Crippen LogP contribution in [0.25, 0.3) is 0 Å². The van der Waals surface area contributed by atoms with Crippen LogP contribution in [0.1, 0.15) is 44.7 Å². The molecule has 0 radical (unpaired) electrons. The monoisotopic (exact) mass is 276 g/mol. The van der Waals surface area contributed by atoms with Crippen molar-refractivity contribution in [1.82, 2.24) is 4.90 Å². The Labute approximate surface area is 123 Å². The van der Waals surface area contributed by atoms with Gasteiger partial charge in [-0.2, -0.15) is 0 Å².